The van der Waals surface area contributed by atoms with Crippen LogP contribution in [0.15, 0.2) is 40.9 Å². The zero-order valence-corrected chi connectivity index (χ0v) is 12.5. The highest BCUT2D eigenvalue weighted by molar-refractivity contribution is 9.10. The van der Waals surface area contributed by atoms with Gasteiger partial charge in [0.25, 0.3) is 0 Å². The molecule has 0 atom stereocenters. The molecule has 0 heterocycles. The van der Waals surface area contributed by atoms with Crippen molar-refractivity contribution in [3.8, 4) is 5.75 Å². The van der Waals surface area contributed by atoms with Gasteiger partial charge in [-0.1, -0.05) is 27.5 Å². The van der Waals surface area contributed by atoms with Crippen LogP contribution in [0.2, 0.25) is 5.02 Å². The average Bonchev–Trinajstić information content (AvgIpc) is 2.38. The van der Waals surface area contributed by atoms with Gasteiger partial charge >= 0.3 is 0 Å². The molecule has 2 N–H and O–H groups in total. The Hall–Kier alpha value is -1.52. The Morgan fingerprint density at radius 1 is 1.21 bits per heavy atom. The van der Waals surface area contributed by atoms with Crippen molar-refractivity contribution in [1.82, 2.24) is 0 Å². The molecule has 0 saturated carbocycles. The van der Waals surface area contributed by atoms with Crippen molar-refractivity contribution in [1.29, 1.82) is 0 Å². The molecule has 0 amide bonds. The second kappa shape index (κ2) is 5.63. The molecule has 0 aromatic heterocycles. The Labute approximate surface area is 124 Å². The molecule has 0 bridgehead atoms. The molecule has 0 unspecified atom stereocenters. The Bertz CT molecular complexity index is 643. The van der Waals surface area contributed by atoms with Crippen LogP contribution < -0.4 is 10.5 Å². The number of halogens is 2. The number of ketones is 1. The van der Waals surface area contributed by atoms with Gasteiger partial charge in [0.1, 0.15) is 5.75 Å². The fourth-order valence-corrected chi connectivity index (χ4v) is 2.28. The zero-order valence-electron chi connectivity index (χ0n) is 10.1. The van der Waals surface area contributed by atoms with Gasteiger partial charge in [-0.05, 0) is 36.4 Å². The number of benzene rings is 2. The predicted molar refractivity (Wildman–Crippen MR) is 80.0 cm³/mol. The fourth-order valence-electron chi connectivity index (χ4n) is 1.74. The molecule has 0 aliphatic carbocycles. The third-order valence-electron chi connectivity index (χ3n) is 2.66. The Morgan fingerprint density at radius 2 is 1.95 bits per heavy atom. The molecule has 0 spiro atoms. The van der Waals surface area contributed by atoms with Crippen LogP contribution in [0.3, 0.4) is 0 Å². The van der Waals surface area contributed by atoms with Gasteiger partial charge in [-0.25, -0.2) is 0 Å². The predicted octanol–water partition coefficient (Wildman–Crippen LogP) is 3.92. The summed E-state index contributed by atoms with van der Waals surface area (Å²) in [6.07, 6.45) is 0. The third kappa shape index (κ3) is 2.91. The van der Waals surface area contributed by atoms with Crippen molar-refractivity contribution >= 4 is 39.0 Å². The first-order chi connectivity index (χ1) is 9.02. The van der Waals surface area contributed by atoms with Crippen molar-refractivity contribution in [2.75, 3.05) is 12.8 Å². The van der Waals surface area contributed by atoms with Gasteiger partial charge < -0.3 is 10.5 Å². The van der Waals surface area contributed by atoms with E-state index in [2.05, 4.69) is 15.9 Å². The standard InChI is InChI=1S/C14H11BrClNO2/c1-19-13-5-2-8(15)6-11(13)14(18)10-4-3-9(16)7-12(10)17/h2-7H,17H2,1H3. The fraction of sp³-hybridized carbons (Fsp3) is 0.0714. The number of nitrogen functional groups attached to an aromatic ring is 1. The largest absolute Gasteiger partial charge is 0.496 e. The lowest BCUT2D eigenvalue weighted by atomic mass is 10.0. The molecule has 2 aromatic rings. The number of carbonyl (C=O) groups is 1. The third-order valence-corrected chi connectivity index (χ3v) is 3.39. The normalized spacial score (nSPS) is 10.3. The highest BCUT2D eigenvalue weighted by Gasteiger charge is 2.17. The summed E-state index contributed by atoms with van der Waals surface area (Å²) in [4.78, 5) is 12.5. The monoisotopic (exact) mass is 339 g/mol. The van der Waals surface area contributed by atoms with Crippen LogP contribution in [-0.2, 0) is 0 Å². The molecule has 0 radical (unpaired) electrons. The van der Waals surface area contributed by atoms with Crippen LogP contribution in [0.25, 0.3) is 0 Å². The maximum atomic E-state index is 12.5. The van der Waals surface area contributed by atoms with E-state index in [1.54, 1.807) is 36.4 Å². The van der Waals surface area contributed by atoms with Gasteiger partial charge in [-0.15, -0.1) is 0 Å². The topological polar surface area (TPSA) is 52.3 Å². The molecular weight excluding hydrogens is 330 g/mol. The summed E-state index contributed by atoms with van der Waals surface area (Å²) in [6, 6.07) is 10.0. The van der Waals surface area contributed by atoms with Crippen molar-refractivity contribution in [2.45, 2.75) is 0 Å². The number of carbonyl (C=O) groups excluding carboxylic acids is 1. The zero-order chi connectivity index (χ0) is 14.0. The number of hydrogen-bond acceptors (Lipinski definition) is 3. The van der Waals surface area contributed by atoms with E-state index in [1.165, 1.54) is 7.11 Å². The van der Waals surface area contributed by atoms with E-state index in [9.17, 15) is 4.79 Å². The number of rotatable bonds is 3. The second-order valence-corrected chi connectivity index (χ2v) is 5.26. The molecule has 5 heteroatoms. The van der Waals surface area contributed by atoms with E-state index in [1.807, 2.05) is 0 Å². The van der Waals surface area contributed by atoms with Crippen molar-refractivity contribution in [3.05, 3.63) is 57.0 Å². The SMILES string of the molecule is COc1ccc(Br)cc1C(=O)c1ccc(Cl)cc1N. The maximum Gasteiger partial charge on any atom is 0.198 e. The summed E-state index contributed by atoms with van der Waals surface area (Å²) in [5.74, 6) is 0.301. The van der Waals surface area contributed by atoms with Gasteiger partial charge in [0.15, 0.2) is 5.78 Å². The molecule has 0 aliphatic heterocycles. The Kier molecular flexibility index (Phi) is 4.12. The molecule has 0 aliphatic rings. The van der Waals surface area contributed by atoms with E-state index in [0.717, 1.165) is 4.47 Å². The molecule has 19 heavy (non-hydrogen) atoms. The number of methoxy groups -OCH3 is 1. The van der Waals surface area contributed by atoms with Gasteiger partial charge in [-0.3, -0.25) is 4.79 Å². The van der Waals surface area contributed by atoms with Gasteiger partial charge in [0.05, 0.1) is 12.7 Å². The van der Waals surface area contributed by atoms with Gasteiger partial charge in [0, 0.05) is 20.7 Å². The smallest absolute Gasteiger partial charge is 0.198 e. The Morgan fingerprint density at radius 3 is 2.58 bits per heavy atom. The first-order valence-corrected chi connectivity index (χ1v) is 6.63. The van der Waals surface area contributed by atoms with Crippen molar-refractivity contribution in [2.24, 2.45) is 0 Å². The Balaban J connectivity index is 2.52. The highest BCUT2D eigenvalue weighted by Crippen LogP contribution is 2.28. The summed E-state index contributed by atoms with van der Waals surface area (Å²) in [5, 5.41) is 0.496. The van der Waals surface area contributed by atoms with Crippen LogP contribution >= 0.6 is 27.5 Å². The lowest BCUT2D eigenvalue weighted by Crippen LogP contribution is -2.07. The minimum Gasteiger partial charge on any atom is -0.496 e. The summed E-state index contributed by atoms with van der Waals surface area (Å²) >= 11 is 9.16. The lowest BCUT2D eigenvalue weighted by molar-refractivity contribution is 0.103. The van der Waals surface area contributed by atoms with Crippen LogP contribution in [0, 0.1) is 0 Å². The summed E-state index contributed by atoms with van der Waals surface area (Å²) in [5.41, 5.74) is 7.03. The van der Waals surface area contributed by atoms with Crippen molar-refractivity contribution < 1.29 is 9.53 Å². The molecule has 98 valence electrons. The molecule has 2 rings (SSSR count). The summed E-state index contributed by atoms with van der Waals surface area (Å²) in [7, 11) is 1.52. The van der Waals surface area contributed by atoms with E-state index < -0.39 is 0 Å². The van der Waals surface area contributed by atoms with Crippen LogP contribution in [0.1, 0.15) is 15.9 Å². The first kappa shape index (κ1) is 13.9. The number of ether oxygens (including phenoxy) is 1. The molecule has 0 saturated heterocycles. The van der Waals surface area contributed by atoms with Crippen LogP contribution in [-0.4, -0.2) is 12.9 Å². The average molecular weight is 341 g/mol. The number of anilines is 1. The minimum absolute atomic E-state index is 0.202. The van der Waals surface area contributed by atoms with E-state index in [0.29, 0.717) is 27.6 Å². The van der Waals surface area contributed by atoms with Gasteiger partial charge in [-0.2, -0.15) is 0 Å². The number of nitrogens with two attached hydrogens (primary N) is 1. The maximum absolute atomic E-state index is 12.5. The van der Waals surface area contributed by atoms with E-state index in [4.69, 9.17) is 22.1 Å². The van der Waals surface area contributed by atoms with Crippen LogP contribution in [0.5, 0.6) is 5.75 Å². The first-order valence-electron chi connectivity index (χ1n) is 5.46. The molecule has 3 nitrogen and oxygen atoms in total. The van der Waals surface area contributed by atoms with E-state index >= 15 is 0 Å². The quantitative estimate of drug-likeness (QED) is 0.680. The lowest BCUT2D eigenvalue weighted by Gasteiger charge is -2.10. The summed E-state index contributed by atoms with van der Waals surface area (Å²) in [6.45, 7) is 0. The van der Waals surface area contributed by atoms with Crippen LogP contribution in [0.4, 0.5) is 5.69 Å². The molecule has 2 aromatic carbocycles. The highest BCUT2D eigenvalue weighted by atomic mass is 79.9. The van der Waals surface area contributed by atoms with E-state index in [-0.39, 0.29) is 5.78 Å². The molecule has 0 fully saturated rings. The minimum atomic E-state index is -0.202. The number of hydrogen-bond donors (Lipinski definition) is 1. The molecular formula is C14H11BrClNO2. The summed E-state index contributed by atoms with van der Waals surface area (Å²) < 4.78 is 5.99. The van der Waals surface area contributed by atoms with Crippen molar-refractivity contribution in [3.63, 3.8) is 0 Å². The van der Waals surface area contributed by atoms with Gasteiger partial charge in [0.2, 0.25) is 0 Å². The second-order valence-electron chi connectivity index (χ2n) is 3.91.